The van der Waals surface area contributed by atoms with Gasteiger partial charge in [-0.3, -0.25) is 4.79 Å². The van der Waals surface area contributed by atoms with E-state index < -0.39 is 18.6 Å². The Hall–Kier alpha value is -1.52. The lowest BCUT2D eigenvalue weighted by atomic mass is 9.94. The second-order valence-corrected chi connectivity index (χ2v) is 12.6. The third kappa shape index (κ3) is 34.8. The Balaban J connectivity index is 0.00000259. The van der Waals surface area contributed by atoms with Crippen LogP contribution in [-0.4, -0.2) is 17.3 Å². The molecule has 0 aliphatic rings. The maximum Gasteiger partial charge on any atom is 0.389 e. The van der Waals surface area contributed by atoms with E-state index in [-0.39, 0.29) is 12.3 Å². The molecule has 1 aromatic rings. The number of carboxylic acids is 1. The van der Waals surface area contributed by atoms with Gasteiger partial charge in [0.15, 0.2) is 0 Å². The normalized spacial score (nSPS) is 12.1. The van der Waals surface area contributed by atoms with E-state index in [4.69, 9.17) is 0 Å². The number of aliphatic carboxylic acids is 1. The van der Waals surface area contributed by atoms with Crippen LogP contribution in [-0.2, 0) is 4.79 Å². The van der Waals surface area contributed by atoms with Crippen molar-refractivity contribution < 1.29 is 23.1 Å². The average molecular weight is 613 g/mol. The van der Waals surface area contributed by atoms with Gasteiger partial charge in [-0.15, -0.1) is 0 Å². The summed E-state index contributed by atoms with van der Waals surface area (Å²) in [6.45, 7) is 2.27. The Kier molecular flexibility index (Phi) is 30.8. The summed E-state index contributed by atoms with van der Waals surface area (Å²) in [5, 5.41) is 9.49. The molecule has 1 atom stereocenters. The van der Waals surface area contributed by atoms with Crippen LogP contribution in [0.2, 0.25) is 0 Å². The number of hydrogen-bond acceptors (Lipinski definition) is 1. The Labute approximate surface area is 264 Å². The van der Waals surface area contributed by atoms with Crippen molar-refractivity contribution in [3.05, 3.63) is 36.4 Å². The summed E-state index contributed by atoms with van der Waals surface area (Å²) in [6, 6.07) is 12.0. The Bertz CT molecular complexity index is 651. The lowest BCUT2D eigenvalue weighted by Gasteiger charge is -2.12. The third-order valence-corrected chi connectivity index (χ3v) is 8.43. The van der Waals surface area contributed by atoms with Crippen molar-refractivity contribution in [2.75, 3.05) is 0 Å². The van der Waals surface area contributed by atoms with Gasteiger partial charge in [0.25, 0.3) is 0 Å². The van der Waals surface area contributed by atoms with E-state index in [2.05, 4.69) is 6.92 Å². The van der Waals surface area contributed by atoms with Crippen LogP contribution in [0.1, 0.15) is 187 Å². The van der Waals surface area contributed by atoms with Crippen molar-refractivity contribution in [2.24, 2.45) is 5.92 Å². The topological polar surface area (TPSA) is 37.3 Å². The first kappa shape index (κ1) is 41.5. The monoisotopic (exact) mass is 613 g/mol. The molecule has 2 nitrogen and oxygen atoms in total. The molecular weight excluding hydrogens is 545 g/mol. The average Bonchev–Trinajstić information content (AvgIpc) is 2.99. The maximum atomic E-state index is 12.1. The molecule has 1 N–H and O–H groups in total. The zero-order chi connectivity index (χ0) is 31.7. The number of carboxylic acid groups (broad SMARTS) is 1. The van der Waals surface area contributed by atoms with Gasteiger partial charge in [0, 0.05) is 6.42 Å². The molecule has 0 radical (unpaired) electrons. The van der Waals surface area contributed by atoms with Crippen LogP contribution in [0.3, 0.4) is 0 Å². The second kappa shape index (κ2) is 31.9. The van der Waals surface area contributed by atoms with Crippen LogP contribution >= 0.6 is 0 Å². The number of alkyl halides is 3. The van der Waals surface area contributed by atoms with Crippen LogP contribution < -0.4 is 0 Å². The molecular formula is C38H67F3O2. The van der Waals surface area contributed by atoms with Crippen LogP contribution in [0.25, 0.3) is 0 Å². The van der Waals surface area contributed by atoms with Crippen molar-refractivity contribution in [2.45, 2.75) is 193 Å². The Morgan fingerprint density at radius 1 is 0.488 bits per heavy atom. The summed E-state index contributed by atoms with van der Waals surface area (Å²) in [4.78, 5) is 11.5. The molecule has 5 heteroatoms. The molecule has 252 valence electrons. The highest BCUT2D eigenvalue weighted by molar-refractivity contribution is 5.69. The standard InChI is InChI=1S/C32H61F3O2.C6H6/c1-2-3-4-5-6-7-8-9-10-11-12-13-14-15-16-18-21-24-27-30(31(36)37)28-25-22-19-17-20-23-26-29-32(33,34)35;1-2-4-6-5-3-1/h30H,2-29H2,1H3,(H,36,37);1-6H. The summed E-state index contributed by atoms with van der Waals surface area (Å²) >= 11 is 0. The van der Waals surface area contributed by atoms with Gasteiger partial charge in [0.05, 0.1) is 5.92 Å². The fourth-order valence-corrected chi connectivity index (χ4v) is 5.67. The Morgan fingerprint density at radius 3 is 1.00 bits per heavy atom. The third-order valence-electron chi connectivity index (χ3n) is 8.43. The first-order valence-electron chi connectivity index (χ1n) is 18.2. The fraction of sp³-hybridized carbons (Fsp3) is 0.816. The SMILES string of the molecule is CCCCCCCCCCCCCCCCCCCCC(CCCCCCCCCC(F)(F)F)C(=O)O.c1ccccc1. The number of carbonyl (C=O) groups is 1. The highest BCUT2D eigenvalue weighted by atomic mass is 19.4. The summed E-state index contributed by atoms with van der Waals surface area (Å²) in [5.41, 5.74) is 0. The summed E-state index contributed by atoms with van der Waals surface area (Å²) in [5.74, 6) is -0.896. The highest BCUT2D eigenvalue weighted by Crippen LogP contribution is 2.24. The number of halogens is 3. The lowest BCUT2D eigenvalue weighted by Crippen LogP contribution is -2.13. The first-order valence-corrected chi connectivity index (χ1v) is 18.2. The predicted octanol–water partition coefficient (Wildman–Crippen LogP) is 13.9. The Morgan fingerprint density at radius 2 is 0.744 bits per heavy atom. The minimum Gasteiger partial charge on any atom is -0.481 e. The molecule has 1 aromatic carbocycles. The molecule has 0 bridgehead atoms. The molecule has 0 fully saturated rings. The van der Waals surface area contributed by atoms with E-state index >= 15 is 0 Å². The van der Waals surface area contributed by atoms with Crippen molar-refractivity contribution in [1.29, 1.82) is 0 Å². The lowest BCUT2D eigenvalue weighted by molar-refractivity contribution is -0.142. The van der Waals surface area contributed by atoms with E-state index in [1.165, 1.54) is 103 Å². The summed E-state index contributed by atoms with van der Waals surface area (Å²) < 4.78 is 36.3. The zero-order valence-corrected chi connectivity index (χ0v) is 27.8. The predicted molar refractivity (Wildman–Crippen MR) is 179 cm³/mol. The molecule has 0 aliphatic heterocycles. The molecule has 0 saturated heterocycles. The number of unbranched alkanes of at least 4 members (excludes halogenated alkanes) is 23. The molecule has 0 spiro atoms. The van der Waals surface area contributed by atoms with Gasteiger partial charge < -0.3 is 5.11 Å². The molecule has 1 unspecified atom stereocenters. The molecule has 0 aromatic heterocycles. The van der Waals surface area contributed by atoms with Crippen LogP contribution in [0.15, 0.2) is 36.4 Å². The number of hydrogen-bond donors (Lipinski definition) is 1. The van der Waals surface area contributed by atoms with Crippen LogP contribution in [0, 0.1) is 5.92 Å². The van der Waals surface area contributed by atoms with E-state index in [0.29, 0.717) is 6.42 Å². The van der Waals surface area contributed by atoms with Gasteiger partial charge in [-0.25, -0.2) is 0 Å². The summed E-state index contributed by atoms with van der Waals surface area (Å²) in [6.07, 6.45) is 26.5. The van der Waals surface area contributed by atoms with Crippen molar-refractivity contribution >= 4 is 5.97 Å². The van der Waals surface area contributed by atoms with E-state index in [9.17, 15) is 23.1 Å². The zero-order valence-electron chi connectivity index (χ0n) is 27.8. The molecule has 0 aliphatic carbocycles. The van der Waals surface area contributed by atoms with Gasteiger partial charge >= 0.3 is 12.1 Å². The van der Waals surface area contributed by atoms with Crippen molar-refractivity contribution in [3.63, 3.8) is 0 Å². The van der Waals surface area contributed by atoms with Crippen LogP contribution in [0.4, 0.5) is 13.2 Å². The van der Waals surface area contributed by atoms with Gasteiger partial charge in [-0.1, -0.05) is 197 Å². The number of rotatable bonds is 29. The molecule has 43 heavy (non-hydrogen) atoms. The smallest absolute Gasteiger partial charge is 0.389 e. The largest absolute Gasteiger partial charge is 0.481 e. The minimum absolute atomic E-state index is 0.226. The number of benzene rings is 1. The van der Waals surface area contributed by atoms with E-state index in [0.717, 1.165) is 57.8 Å². The molecule has 0 amide bonds. The van der Waals surface area contributed by atoms with Gasteiger partial charge in [-0.2, -0.15) is 13.2 Å². The van der Waals surface area contributed by atoms with Gasteiger partial charge in [0.1, 0.15) is 0 Å². The van der Waals surface area contributed by atoms with E-state index in [1.807, 2.05) is 36.4 Å². The van der Waals surface area contributed by atoms with Crippen LogP contribution in [0.5, 0.6) is 0 Å². The van der Waals surface area contributed by atoms with Gasteiger partial charge in [0.2, 0.25) is 0 Å². The second-order valence-electron chi connectivity index (χ2n) is 12.6. The molecule has 1 rings (SSSR count). The maximum absolute atomic E-state index is 12.1. The highest BCUT2D eigenvalue weighted by Gasteiger charge is 2.25. The quantitative estimate of drug-likeness (QED) is 0.0914. The van der Waals surface area contributed by atoms with Crippen molar-refractivity contribution in [3.8, 4) is 0 Å². The molecule has 0 saturated carbocycles. The molecule has 0 heterocycles. The van der Waals surface area contributed by atoms with E-state index in [1.54, 1.807) is 0 Å². The fourth-order valence-electron chi connectivity index (χ4n) is 5.67. The summed E-state index contributed by atoms with van der Waals surface area (Å²) in [7, 11) is 0. The first-order chi connectivity index (χ1) is 20.9. The van der Waals surface area contributed by atoms with Crippen molar-refractivity contribution in [1.82, 2.24) is 0 Å². The minimum atomic E-state index is -4.03. The van der Waals surface area contributed by atoms with Gasteiger partial charge in [-0.05, 0) is 19.3 Å².